The Bertz CT molecular complexity index is 533. The zero-order valence-corrected chi connectivity index (χ0v) is 10.8. The molecule has 16 heavy (non-hydrogen) atoms. The average molecular weight is 213 g/mol. The zero-order valence-electron chi connectivity index (χ0n) is 10.8. The molecule has 0 amide bonds. The van der Waals surface area contributed by atoms with Gasteiger partial charge in [-0.1, -0.05) is 32.9 Å². The van der Waals surface area contributed by atoms with Gasteiger partial charge in [0, 0.05) is 11.1 Å². The van der Waals surface area contributed by atoms with Crippen LogP contribution < -0.4 is 0 Å². The predicted molar refractivity (Wildman–Crippen MR) is 69.9 cm³/mol. The largest absolute Gasteiger partial charge is 0.253 e. The van der Waals surface area contributed by atoms with Gasteiger partial charge in [-0.25, -0.2) is 0 Å². The van der Waals surface area contributed by atoms with E-state index in [2.05, 4.69) is 56.9 Å². The van der Waals surface area contributed by atoms with Crippen LogP contribution in [0.25, 0.3) is 10.9 Å². The molecule has 1 aromatic carbocycles. The molecule has 0 saturated carbocycles. The molecule has 0 aliphatic rings. The molecule has 84 valence electrons. The maximum absolute atomic E-state index is 4.59. The van der Waals surface area contributed by atoms with E-state index in [0.717, 1.165) is 11.2 Å². The quantitative estimate of drug-likeness (QED) is 0.640. The first kappa shape index (κ1) is 11.1. The Morgan fingerprint density at radius 3 is 2.25 bits per heavy atom. The van der Waals surface area contributed by atoms with Crippen LogP contribution in [0, 0.1) is 13.8 Å². The highest BCUT2D eigenvalue weighted by Gasteiger charge is 2.19. The van der Waals surface area contributed by atoms with E-state index in [4.69, 9.17) is 0 Å². The van der Waals surface area contributed by atoms with Crippen LogP contribution in [0.4, 0.5) is 0 Å². The summed E-state index contributed by atoms with van der Waals surface area (Å²) in [5.74, 6) is 0. The van der Waals surface area contributed by atoms with Crippen molar-refractivity contribution in [3.05, 3.63) is 41.1 Å². The average Bonchev–Trinajstić information content (AvgIpc) is 2.16. The summed E-state index contributed by atoms with van der Waals surface area (Å²) in [6.07, 6.45) is 0. The topological polar surface area (TPSA) is 12.9 Å². The highest BCUT2D eigenvalue weighted by molar-refractivity contribution is 5.84. The molecule has 2 rings (SSSR count). The fourth-order valence-corrected chi connectivity index (χ4v) is 2.41. The number of fused-ring (bicyclic) bond motifs is 1. The molecule has 0 radical (unpaired) electrons. The van der Waals surface area contributed by atoms with Gasteiger partial charge in [-0.3, -0.25) is 4.98 Å². The monoisotopic (exact) mass is 213 g/mol. The van der Waals surface area contributed by atoms with Gasteiger partial charge in [0.15, 0.2) is 0 Å². The van der Waals surface area contributed by atoms with Crippen LogP contribution in [-0.2, 0) is 5.41 Å². The van der Waals surface area contributed by atoms with Crippen LogP contribution in [0.15, 0.2) is 24.3 Å². The molecule has 1 heteroatoms. The van der Waals surface area contributed by atoms with Gasteiger partial charge in [0.05, 0.1) is 5.52 Å². The summed E-state index contributed by atoms with van der Waals surface area (Å²) in [4.78, 5) is 4.59. The zero-order chi connectivity index (χ0) is 11.9. The molecule has 0 fully saturated rings. The fourth-order valence-electron chi connectivity index (χ4n) is 2.41. The summed E-state index contributed by atoms with van der Waals surface area (Å²) in [7, 11) is 0. The molecule has 0 saturated heterocycles. The van der Waals surface area contributed by atoms with Crippen molar-refractivity contribution in [3.63, 3.8) is 0 Å². The molecule has 0 aliphatic carbocycles. The van der Waals surface area contributed by atoms with Crippen LogP contribution >= 0.6 is 0 Å². The molecule has 0 N–H and O–H groups in total. The second kappa shape index (κ2) is 3.58. The Morgan fingerprint density at radius 1 is 0.938 bits per heavy atom. The van der Waals surface area contributed by atoms with Crippen molar-refractivity contribution < 1.29 is 0 Å². The van der Waals surface area contributed by atoms with Crippen molar-refractivity contribution in [2.45, 2.75) is 40.0 Å². The second-order valence-corrected chi connectivity index (χ2v) is 5.53. The summed E-state index contributed by atoms with van der Waals surface area (Å²) < 4.78 is 0. The number of benzene rings is 1. The van der Waals surface area contributed by atoms with Gasteiger partial charge in [-0.15, -0.1) is 0 Å². The molecule has 0 spiro atoms. The van der Waals surface area contributed by atoms with Crippen molar-refractivity contribution in [1.29, 1.82) is 0 Å². The lowest BCUT2D eigenvalue weighted by atomic mass is 9.81. The lowest BCUT2D eigenvalue weighted by molar-refractivity contribution is 0.592. The van der Waals surface area contributed by atoms with Crippen LogP contribution in [0.2, 0.25) is 0 Å². The van der Waals surface area contributed by atoms with Gasteiger partial charge in [-0.05, 0) is 42.5 Å². The maximum Gasteiger partial charge on any atom is 0.0708 e. The highest BCUT2D eigenvalue weighted by Crippen LogP contribution is 2.32. The number of hydrogen-bond donors (Lipinski definition) is 0. The van der Waals surface area contributed by atoms with Crippen molar-refractivity contribution in [1.82, 2.24) is 4.98 Å². The molecule has 1 heterocycles. The minimum Gasteiger partial charge on any atom is -0.253 e. The summed E-state index contributed by atoms with van der Waals surface area (Å²) in [5.41, 5.74) is 5.12. The number of pyridine rings is 1. The fraction of sp³-hybridized carbons (Fsp3) is 0.400. The van der Waals surface area contributed by atoms with Crippen molar-refractivity contribution >= 4 is 10.9 Å². The van der Waals surface area contributed by atoms with E-state index in [1.807, 2.05) is 6.92 Å². The summed E-state index contributed by atoms with van der Waals surface area (Å²) in [6.45, 7) is 11.0. The van der Waals surface area contributed by atoms with E-state index in [0.29, 0.717) is 0 Å². The molecule has 0 unspecified atom stereocenters. The standard InChI is InChI=1S/C15H19N/c1-10-6-9-13-12(8-7-11(2)16-13)14(10)15(3,4)5/h6-9H,1-5H3. The van der Waals surface area contributed by atoms with Gasteiger partial charge in [0.2, 0.25) is 0 Å². The van der Waals surface area contributed by atoms with Crippen LogP contribution in [0.3, 0.4) is 0 Å². The Morgan fingerprint density at radius 2 is 1.62 bits per heavy atom. The normalized spacial score (nSPS) is 12.1. The van der Waals surface area contributed by atoms with Crippen molar-refractivity contribution in [2.24, 2.45) is 0 Å². The van der Waals surface area contributed by atoms with E-state index in [-0.39, 0.29) is 5.41 Å². The van der Waals surface area contributed by atoms with E-state index in [9.17, 15) is 0 Å². The summed E-state index contributed by atoms with van der Waals surface area (Å²) in [5, 5.41) is 1.29. The Labute approximate surface area is 97.5 Å². The molecule has 0 atom stereocenters. The summed E-state index contributed by atoms with van der Waals surface area (Å²) >= 11 is 0. The van der Waals surface area contributed by atoms with Gasteiger partial charge >= 0.3 is 0 Å². The Kier molecular flexibility index (Phi) is 2.49. The third kappa shape index (κ3) is 1.82. The molecular formula is C15H19N. The third-order valence-corrected chi connectivity index (χ3v) is 2.97. The van der Waals surface area contributed by atoms with Gasteiger partial charge < -0.3 is 0 Å². The minimum absolute atomic E-state index is 0.167. The first-order chi connectivity index (χ1) is 7.39. The van der Waals surface area contributed by atoms with E-state index < -0.39 is 0 Å². The van der Waals surface area contributed by atoms with Crippen molar-refractivity contribution in [3.8, 4) is 0 Å². The molecule has 1 aromatic heterocycles. The lowest BCUT2D eigenvalue weighted by Gasteiger charge is -2.23. The maximum atomic E-state index is 4.59. The van der Waals surface area contributed by atoms with Crippen molar-refractivity contribution in [2.75, 3.05) is 0 Å². The lowest BCUT2D eigenvalue weighted by Crippen LogP contribution is -2.14. The molecule has 2 aromatic rings. The first-order valence-corrected chi connectivity index (χ1v) is 5.77. The van der Waals surface area contributed by atoms with Gasteiger partial charge in [0.25, 0.3) is 0 Å². The third-order valence-electron chi connectivity index (χ3n) is 2.97. The Hall–Kier alpha value is -1.37. The van der Waals surface area contributed by atoms with Crippen LogP contribution in [-0.4, -0.2) is 4.98 Å². The van der Waals surface area contributed by atoms with Gasteiger partial charge in [-0.2, -0.15) is 0 Å². The molecule has 0 bridgehead atoms. The smallest absolute Gasteiger partial charge is 0.0708 e. The SMILES string of the molecule is Cc1ccc2c(C(C)(C)C)c(C)ccc2n1. The molecule has 0 aliphatic heterocycles. The van der Waals surface area contributed by atoms with E-state index in [1.54, 1.807) is 0 Å². The minimum atomic E-state index is 0.167. The summed E-state index contributed by atoms with van der Waals surface area (Å²) in [6, 6.07) is 8.59. The Balaban J connectivity index is 2.85. The molecular weight excluding hydrogens is 194 g/mol. The second-order valence-electron chi connectivity index (χ2n) is 5.53. The van der Waals surface area contributed by atoms with E-state index in [1.165, 1.54) is 16.5 Å². The first-order valence-electron chi connectivity index (χ1n) is 5.77. The van der Waals surface area contributed by atoms with Crippen LogP contribution in [0.5, 0.6) is 0 Å². The predicted octanol–water partition coefficient (Wildman–Crippen LogP) is 4.15. The number of nitrogens with zero attached hydrogens (tertiary/aromatic N) is 1. The number of aryl methyl sites for hydroxylation is 2. The number of rotatable bonds is 0. The van der Waals surface area contributed by atoms with Crippen LogP contribution in [0.1, 0.15) is 37.6 Å². The highest BCUT2D eigenvalue weighted by atomic mass is 14.7. The number of aromatic nitrogens is 1. The van der Waals surface area contributed by atoms with E-state index >= 15 is 0 Å². The number of hydrogen-bond acceptors (Lipinski definition) is 1. The molecule has 1 nitrogen and oxygen atoms in total. The van der Waals surface area contributed by atoms with Gasteiger partial charge in [0.1, 0.15) is 0 Å².